The maximum Gasteiger partial charge on any atom is 0.329 e. The van der Waals surface area contributed by atoms with Gasteiger partial charge < -0.3 is 10.0 Å². The van der Waals surface area contributed by atoms with Crippen LogP contribution in [-0.2, 0) is 16.1 Å². The zero-order valence-corrected chi connectivity index (χ0v) is 21.3. The summed E-state index contributed by atoms with van der Waals surface area (Å²) < 4.78 is 0. The molecule has 37 heavy (non-hydrogen) atoms. The first kappa shape index (κ1) is 25.8. The molecule has 3 aromatic carbocycles. The van der Waals surface area contributed by atoms with Crippen molar-refractivity contribution in [2.45, 2.75) is 52.1 Å². The van der Waals surface area contributed by atoms with Gasteiger partial charge in [-0.2, -0.15) is 5.21 Å². The molecule has 8 nitrogen and oxygen atoms in total. The Hall–Kier alpha value is -4.33. The Balaban J connectivity index is 1.68. The Kier molecular flexibility index (Phi) is 7.77. The number of tetrazole rings is 1. The first-order valence-corrected chi connectivity index (χ1v) is 12.4. The highest BCUT2D eigenvalue weighted by molar-refractivity contribution is 5.87. The van der Waals surface area contributed by atoms with Gasteiger partial charge in [-0.15, -0.1) is 10.2 Å². The smallest absolute Gasteiger partial charge is 0.329 e. The number of carbonyl (C=O) groups excluding carboxylic acids is 1. The SMILES string of the molecule is CCCCC(=O)N(Cc1ccc(-c2cc(-c3ccccc3)ccc2-c2nn[nH]n2)cc1)C(C)(C)C(=O)O. The predicted octanol–water partition coefficient (Wildman–Crippen LogP) is 5.58. The first-order chi connectivity index (χ1) is 17.8. The monoisotopic (exact) mass is 497 g/mol. The van der Waals surface area contributed by atoms with Crippen LogP contribution in [0.25, 0.3) is 33.6 Å². The molecule has 1 heterocycles. The summed E-state index contributed by atoms with van der Waals surface area (Å²) in [6.07, 6.45) is 1.92. The van der Waals surface area contributed by atoms with E-state index in [2.05, 4.69) is 38.8 Å². The second-order valence-electron chi connectivity index (χ2n) is 9.51. The van der Waals surface area contributed by atoms with Crippen molar-refractivity contribution in [1.29, 1.82) is 0 Å². The number of carboxylic acids is 1. The highest BCUT2D eigenvalue weighted by Crippen LogP contribution is 2.34. The number of benzene rings is 3. The summed E-state index contributed by atoms with van der Waals surface area (Å²) in [6, 6.07) is 24.1. The van der Waals surface area contributed by atoms with Crippen LogP contribution in [0.5, 0.6) is 0 Å². The number of amides is 1. The fourth-order valence-electron chi connectivity index (χ4n) is 4.21. The summed E-state index contributed by atoms with van der Waals surface area (Å²) in [5.74, 6) is -0.695. The number of carboxylic acid groups (broad SMARTS) is 1. The number of nitrogens with one attached hydrogen (secondary N) is 1. The lowest BCUT2D eigenvalue weighted by molar-refractivity contribution is -0.157. The maximum absolute atomic E-state index is 12.9. The fourth-order valence-corrected chi connectivity index (χ4v) is 4.21. The van der Waals surface area contributed by atoms with Gasteiger partial charge in [0.15, 0.2) is 0 Å². The Morgan fingerprint density at radius 1 is 0.919 bits per heavy atom. The normalized spacial score (nSPS) is 11.3. The molecule has 1 amide bonds. The van der Waals surface area contributed by atoms with E-state index in [4.69, 9.17) is 0 Å². The molecule has 0 fully saturated rings. The quantitative estimate of drug-likeness (QED) is 0.296. The summed E-state index contributed by atoms with van der Waals surface area (Å²) in [5, 5.41) is 24.4. The summed E-state index contributed by atoms with van der Waals surface area (Å²) in [6.45, 7) is 5.36. The van der Waals surface area contributed by atoms with Crippen molar-refractivity contribution in [1.82, 2.24) is 25.5 Å². The van der Waals surface area contributed by atoms with Crippen molar-refractivity contribution >= 4 is 11.9 Å². The number of nitrogens with zero attached hydrogens (tertiary/aromatic N) is 4. The second-order valence-corrected chi connectivity index (χ2v) is 9.51. The molecule has 0 aliphatic carbocycles. The van der Waals surface area contributed by atoms with Crippen LogP contribution in [0.2, 0.25) is 0 Å². The summed E-state index contributed by atoms with van der Waals surface area (Å²) in [5.41, 5.74) is 4.41. The second kappa shape index (κ2) is 11.2. The Morgan fingerprint density at radius 2 is 1.62 bits per heavy atom. The molecule has 4 aromatic rings. The molecule has 1 aromatic heterocycles. The van der Waals surface area contributed by atoms with Crippen molar-refractivity contribution in [3.63, 3.8) is 0 Å². The topological polar surface area (TPSA) is 112 Å². The van der Waals surface area contributed by atoms with E-state index in [1.54, 1.807) is 13.8 Å². The summed E-state index contributed by atoms with van der Waals surface area (Å²) in [4.78, 5) is 26.3. The Labute approximate surface area is 216 Å². The van der Waals surface area contributed by atoms with Crippen molar-refractivity contribution in [2.24, 2.45) is 0 Å². The summed E-state index contributed by atoms with van der Waals surface area (Å²) in [7, 11) is 0. The molecule has 0 radical (unpaired) electrons. The van der Waals surface area contributed by atoms with Crippen molar-refractivity contribution in [2.75, 3.05) is 0 Å². The number of aliphatic carboxylic acids is 1. The number of carbonyl (C=O) groups is 2. The molecule has 0 spiro atoms. The average molecular weight is 498 g/mol. The minimum atomic E-state index is -1.32. The van der Waals surface area contributed by atoms with Gasteiger partial charge in [-0.3, -0.25) is 4.79 Å². The molecule has 0 saturated heterocycles. The van der Waals surface area contributed by atoms with Crippen LogP contribution < -0.4 is 0 Å². The number of hydrogen-bond donors (Lipinski definition) is 2. The van der Waals surface area contributed by atoms with E-state index in [9.17, 15) is 14.7 Å². The van der Waals surface area contributed by atoms with E-state index in [0.717, 1.165) is 46.2 Å². The Bertz CT molecular complexity index is 1350. The molecule has 8 heteroatoms. The molecule has 0 saturated carbocycles. The number of aromatic amines is 1. The molecular weight excluding hydrogens is 466 g/mol. The lowest BCUT2D eigenvalue weighted by Gasteiger charge is -2.35. The number of H-pyrrole nitrogens is 1. The maximum atomic E-state index is 12.9. The van der Waals surface area contributed by atoms with Gasteiger partial charge in [0.1, 0.15) is 5.54 Å². The lowest BCUT2D eigenvalue weighted by atomic mass is 9.93. The van der Waals surface area contributed by atoms with Crippen LogP contribution >= 0.6 is 0 Å². The number of rotatable bonds is 10. The largest absolute Gasteiger partial charge is 0.480 e. The zero-order chi connectivity index (χ0) is 26.4. The van der Waals surface area contributed by atoms with Crippen molar-refractivity contribution in [3.05, 3.63) is 78.4 Å². The molecule has 0 unspecified atom stereocenters. The fraction of sp³-hybridized carbons (Fsp3) is 0.276. The van der Waals surface area contributed by atoms with Gasteiger partial charge in [0.25, 0.3) is 0 Å². The van der Waals surface area contributed by atoms with Gasteiger partial charge in [0.2, 0.25) is 11.7 Å². The van der Waals surface area contributed by atoms with E-state index < -0.39 is 11.5 Å². The van der Waals surface area contributed by atoms with Gasteiger partial charge in [0, 0.05) is 18.5 Å². The highest BCUT2D eigenvalue weighted by Gasteiger charge is 2.37. The van der Waals surface area contributed by atoms with Crippen molar-refractivity contribution < 1.29 is 14.7 Å². The zero-order valence-electron chi connectivity index (χ0n) is 21.3. The molecule has 0 bridgehead atoms. The van der Waals surface area contributed by atoms with Crippen molar-refractivity contribution in [3.8, 4) is 33.6 Å². The van der Waals surface area contributed by atoms with Crippen LogP contribution in [0, 0.1) is 0 Å². The molecule has 0 atom stereocenters. The average Bonchev–Trinajstić information content (AvgIpc) is 3.45. The van der Waals surface area contributed by atoms with Gasteiger partial charge >= 0.3 is 5.97 Å². The molecule has 190 valence electrons. The number of aromatic nitrogens is 4. The van der Waals surface area contributed by atoms with Gasteiger partial charge in [-0.1, -0.05) is 74.0 Å². The van der Waals surface area contributed by atoms with E-state index in [0.29, 0.717) is 12.2 Å². The van der Waals surface area contributed by atoms with E-state index in [-0.39, 0.29) is 12.5 Å². The lowest BCUT2D eigenvalue weighted by Crippen LogP contribution is -2.52. The van der Waals surface area contributed by atoms with Crippen LogP contribution in [0.15, 0.2) is 72.8 Å². The van der Waals surface area contributed by atoms with E-state index in [1.807, 2.05) is 61.5 Å². The van der Waals surface area contributed by atoms with E-state index in [1.165, 1.54) is 4.90 Å². The minimum absolute atomic E-state index is 0.159. The van der Waals surface area contributed by atoms with Gasteiger partial charge in [-0.05, 0) is 65.4 Å². The van der Waals surface area contributed by atoms with Gasteiger partial charge in [-0.25, -0.2) is 4.79 Å². The highest BCUT2D eigenvalue weighted by atomic mass is 16.4. The number of hydrogen-bond acceptors (Lipinski definition) is 5. The third kappa shape index (κ3) is 5.74. The van der Waals surface area contributed by atoms with Crippen LogP contribution in [0.4, 0.5) is 0 Å². The molecule has 0 aliphatic heterocycles. The standard InChI is InChI=1S/C29H31N5O3/c1-4-5-11-26(35)34(29(2,3)28(36)37)19-20-12-14-22(15-13-20)25-18-23(21-9-7-6-8-10-21)16-17-24(25)27-30-32-33-31-27/h6-10,12-18H,4-5,11,19H2,1-3H3,(H,36,37)(H,30,31,32,33). The molecular formula is C29H31N5O3. The number of unbranched alkanes of at least 4 members (excludes halogenated alkanes) is 1. The minimum Gasteiger partial charge on any atom is -0.480 e. The third-order valence-corrected chi connectivity index (χ3v) is 6.56. The Morgan fingerprint density at radius 3 is 2.24 bits per heavy atom. The van der Waals surface area contributed by atoms with Crippen LogP contribution in [0.1, 0.15) is 45.6 Å². The first-order valence-electron chi connectivity index (χ1n) is 12.4. The molecule has 2 N–H and O–H groups in total. The molecule has 4 rings (SSSR count). The third-order valence-electron chi connectivity index (χ3n) is 6.56. The van der Waals surface area contributed by atoms with Crippen LogP contribution in [0.3, 0.4) is 0 Å². The van der Waals surface area contributed by atoms with Gasteiger partial charge in [0.05, 0.1) is 0 Å². The predicted molar refractivity (Wildman–Crippen MR) is 142 cm³/mol. The summed E-state index contributed by atoms with van der Waals surface area (Å²) >= 11 is 0. The van der Waals surface area contributed by atoms with Crippen LogP contribution in [-0.4, -0.2) is 48.0 Å². The molecule has 0 aliphatic rings. The van der Waals surface area contributed by atoms with E-state index >= 15 is 0 Å².